The van der Waals surface area contributed by atoms with Crippen molar-refractivity contribution >= 4 is 22.9 Å². The van der Waals surface area contributed by atoms with Crippen LogP contribution in [0.1, 0.15) is 12.6 Å². The smallest absolute Gasteiger partial charge is 0.215 e. The Morgan fingerprint density at radius 3 is 2.74 bits per heavy atom. The minimum atomic E-state index is -1.45. The molecule has 0 aliphatic rings. The van der Waals surface area contributed by atoms with Gasteiger partial charge in [0, 0.05) is 23.6 Å². The highest BCUT2D eigenvalue weighted by molar-refractivity contribution is 5.92. The molecule has 1 heterocycles. The lowest BCUT2D eigenvalue weighted by Crippen LogP contribution is -2.37. The fourth-order valence-corrected chi connectivity index (χ4v) is 2.03. The third kappa shape index (κ3) is 2.45. The van der Waals surface area contributed by atoms with Crippen molar-refractivity contribution in [3.8, 4) is 0 Å². The summed E-state index contributed by atoms with van der Waals surface area (Å²) in [4.78, 5) is 13.8. The van der Waals surface area contributed by atoms with Gasteiger partial charge >= 0.3 is 0 Å². The van der Waals surface area contributed by atoms with Gasteiger partial charge in [0.15, 0.2) is 5.69 Å². The topological polar surface area (TPSA) is 48.4 Å². The molecule has 0 atom stereocenters. The molecule has 2 aromatic rings. The van der Waals surface area contributed by atoms with E-state index in [4.69, 9.17) is 6.57 Å². The number of aromatic nitrogens is 1. The summed E-state index contributed by atoms with van der Waals surface area (Å²) >= 11 is 0. The van der Waals surface area contributed by atoms with Gasteiger partial charge in [-0.1, -0.05) is 12.1 Å². The number of rotatable bonds is 3. The van der Waals surface area contributed by atoms with Crippen LogP contribution in [0.4, 0.5) is 0 Å². The van der Waals surface area contributed by atoms with Crippen molar-refractivity contribution in [2.75, 3.05) is 0 Å². The van der Waals surface area contributed by atoms with E-state index in [2.05, 4.69) is 4.85 Å². The average molecular weight is 252 g/mol. The third-order valence-electron chi connectivity index (χ3n) is 2.90. The van der Waals surface area contributed by atoms with Crippen LogP contribution in [0.15, 0.2) is 42.1 Å². The van der Waals surface area contributed by atoms with E-state index < -0.39 is 11.7 Å². The number of benzene rings is 1. The zero-order valence-corrected chi connectivity index (χ0v) is 10.5. The van der Waals surface area contributed by atoms with E-state index >= 15 is 0 Å². The second kappa shape index (κ2) is 5.32. The van der Waals surface area contributed by atoms with E-state index in [1.54, 1.807) is 6.07 Å². The molecule has 0 unspecified atom stereocenters. The molecular weight excluding hydrogens is 240 g/mol. The quantitative estimate of drug-likeness (QED) is 0.467. The highest BCUT2D eigenvalue weighted by Gasteiger charge is 2.12. The van der Waals surface area contributed by atoms with E-state index in [0.717, 1.165) is 10.9 Å². The Hall–Kier alpha value is -2.67. The molecule has 1 aromatic carbocycles. The van der Waals surface area contributed by atoms with Gasteiger partial charge < -0.3 is 9.90 Å². The number of aliphatic carboxylic acids is 1. The first-order chi connectivity index (χ1) is 9.17. The first-order valence-electron chi connectivity index (χ1n) is 5.89. The minimum Gasteiger partial charge on any atom is -0.558 e. The van der Waals surface area contributed by atoms with Crippen LogP contribution >= 0.6 is 0 Å². The molecule has 0 bridgehead atoms. The Morgan fingerprint density at radius 2 is 2.11 bits per heavy atom. The van der Waals surface area contributed by atoms with E-state index in [1.165, 1.54) is 6.08 Å². The molecule has 0 saturated heterocycles. The molecule has 0 amide bonds. The van der Waals surface area contributed by atoms with Crippen LogP contribution in [0.5, 0.6) is 0 Å². The van der Waals surface area contributed by atoms with Crippen LogP contribution in [0.2, 0.25) is 0 Å². The van der Waals surface area contributed by atoms with E-state index in [-0.39, 0.29) is 0 Å². The van der Waals surface area contributed by atoms with Crippen molar-refractivity contribution in [2.24, 2.45) is 0 Å². The molecule has 0 aliphatic heterocycles. The average Bonchev–Trinajstić information content (AvgIpc) is 2.43. The summed E-state index contributed by atoms with van der Waals surface area (Å²) in [5.41, 5.74) is 1.29. The SMILES string of the molecule is [C-]#[N+]/C(=C\c1ccc2ccccc2[n+]1CC)C(=O)[O-]. The number of aryl methyl sites for hydroxylation is 1. The minimum absolute atomic E-state index is 0.391. The van der Waals surface area contributed by atoms with Crippen LogP contribution in [0, 0.1) is 6.57 Å². The monoisotopic (exact) mass is 252 g/mol. The van der Waals surface area contributed by atoms with E-state index in [1.807, 2.05) is 41.8 Å². The van der Waals surface area contributed by atoms with Gasteiger partial charge in [0.1, 0.15) is 6.54 Å². The number of para-hydroxylation sites is 1. The fourth-order valence-electron chi connectivity index (χ4n) is 2.03. The largest absolute Gasteiger partial charge is 0.558 e. The number of pyridine rings is 1. The summed E-state index contributed by atoms with van der Waals surface area (Å²) in [6.45, 7) is 9.52. The second-order valence-corrected chi connectivity index (χ2v) is 3.99. The van der Waals surface area contributed by atoms with Gasteiger partial charge in [0.25, 0.3) is 0 Å². The number of fused-ring (bicyclic) bond motifs is 1. The number of nitrogens with zero attached hydrogens (tertiary/aromatic N) is 2. The van der Waals surface area contributed by atoms with Crippen LogP contribution in [0.25, 0.3) is 21.8 Å². The number of carbonyl (C=O) groups is 1. The van der Waals surface area contributed by atoms with Gasteiger partial charge in [-0.15, -0.1) is 0 Å². The standard InChI is InChI=1S/C15H12N2O2/c1-3-17-12(10-13(16-2)15(18)19)9-8-11-6-4-5-7-14(11)17/h4-10H,3H2,1H3/b13-10-. The summed E-state index contributed by atoms with van der Waals surface area (Å²) in [7, 11) is 0. The second-order valence-electron chi connectivity index (χ2n) is 3.99. The molecule has 4 heteroatoms. The van der Waals surface area contributed by atoms with Gasteiger partial charge in [-0.25, -0.2) is 4.85 Å². The van der Waals surface area contributed by atoms with Crippen molar-refractivity contribution < 1.29 is 14.5 Å². The fraction of sp³-hybridized carbons (Fsp3) is 0.133. The highest BCUT2D eigenvalue weighted by Crippen LogP contribution is 2.12. The van der Waals surface area contributed by atoms with Gasteiger partial charge in [0.05, 0.1) is 12.5 Å². The molecule has 2 rings (SSSR count). The number of carbonyl (C=O) groups excluding carboxylic acids is 1. The molecule has 0 N–H and O–H groups in total. The molecule has 94 valence electrons. The maximum absolute atomic E-state index is 10.8. The Balaban J connectivity index is 2.68. The molecule has 19 heavy (non-hydrogen) atoms. The summed E-state index contributed by atoms with van der Waals surface area (Å²) in [5, 5.41) is 11.9. The van der Waals surface area contributed by atoms with E-state index in [9.17, 15) is 9.90 Å². The van der Waals surface area contributed by atoms with Gasteiger partial charge in [-0.05, 0) is 19.1 Å². The first kappa shape index (κ1) is 12.8. The predicted octanol–water partition coefficient (Wildman–Crippen LogP) is 1.16. The number of hydrogen-bond donors (Lipinski definition) is 0. The maximum atomic E-state index is 10.8. The third-order valence-corrected chi connectivity index (χ3v) is 2.90. The molecule has 1 aromatic heterocycles. The molecule has 0 spiro atoms. The summed E-state index contributed by atoms with van der Waals surface area (Å²) < 4.78 is 1.96. The van der Waals surface area contributed by atoms with Crippen molar-refractivity contribution in [1.82, 2.24) is 0 Å². The lowest BCUT2D eigenvalue weighted by molar-refractivity contribution is -0.669. The van der Waals surface area contributed by atoms with Gasteiger partial charge in [-0.3, -0.25) is 0 Å². The summed E-state index contributed by atoms with van der Waals surface area (Å²) in [5.74, 6) is -1.45. The van der Waals surface area contributed by atoms with Crippen LogP contribution in [-0.2, 0) is 11.3 Å². The van der Waals surface area contributed by atoms with Crippen LogP contribution in [-0.4, -0.2) is 5.97 Å². The lowest BCUT2D eigenvalue weighted by atomic mass is 10.1. The van der Waals surface area contributed by atoms with Crippen molar-refractivity contribution in [1.29, 1.82) is 0 Å². The molecular formula is C15H12N2O2. The molecule has 0 saturated carbocycles. The van der Waals surface area contributed by atoms with Crippen molar-refractivity contribution in [2.45, 2.75) is 13.5 Å². The van der Waals surface area contributed by atoms with Gasteiger partial charge in [-0.2, -0.15) is 4.57 Å². The normalized spacial score (nSPS) is 11.3. The van der Waals surface area contributed by atoms with Gasteiger partial charge in [0.2, 0.25) is 11.2 Å². The highest BCUT2D eigenvalue weighted by atomic mass is 16.4. The summed E-state index contributed by atoms with van der Waals surface area (Å²) in [6, 6.07) is 11.5. The van der Waals surface area contributed by atoms with Crippen molar-refractivity contribution in [3.05, 3.63) is 59.2 Å². The Bertz CT molecular complexity index is 712. The van der Waals surface area contributed by atoms with E-state index in [0.29, 0.717) is 12.2 Å². The maximum Gasteiger partial charge on any atom is 0.215 e. The Morgan fingerprint density at radius 1 is 1.37 bits per heavy atom. The Labute approximate surface area is 111 Å². The van der Waals surface area contributed by atoms with Crippen LogP contribution < -0.4 is 9.67 Å². The molecule has 0 aliphatic carbocycles. The van der Waals surface area contributed by atoms with Crippen LogP contribution in [0.3, 0.4) is 0 Å². The number of carboxylic acids is 1. The number of carboxylic acid groups (broad SMARTS) is 1. The molecule has 0 fully saturated rings. The molecule has 4 nitrogen and oxygen atoms in total. The lowest BCUT2D eigenvalue weighted by Gasteiger charge is -2.04. The zero-order valence-electron chi connectivity index (χ0n) is 10.5. The first-order valence-corrected chi connectivity index (χ1v) is 5.89. The predicted molar refractivity (Wildman–Crippen MR) is 69.4 cm³/mol. The van der Waals surface area contributed by atoms with Crippen molar-refractivity contribution in [3.63, 3.8) is 0 Å². The molecule has 0 radical (unpaired) electrons. The zero-order chi connectivity index (χ0) is 13.8. The summed E-state index contributed by atoms with van der Waals surface area (Å²) in [6.07, 6.45) is 1.35. The number of hydrogen-bond acceptors (Lipinski definition) is 2. The Kier molecular flexibility index (Phi) is 3.58.